The molecule has 0 unspecified atom stereocenters. The van der Waals surface area contributed by atoms with Gasteiger partial charge in [0.2, 0.25) is 5.95 Å². The first kappa shape index (κ1) is 25.7. The van der Waals surface area contributed by atoms with Crippen LogP contribution in [-0.4, -0.2) is 75.2 Å². The van der Waals surface area contributed by atoms with E-state index in [0.717, 1.165) is 67.6 Å². The standard InChI is InChI=1S/C27H47N9/c1-34(2)16-6-5-7-20-14-17-35(18-15-20)33-25-24-26(36(19-29-24)23-8-3-4-9-23)32-27(31-25)30-22-12-10-21(28)11-13-22/h19-23H,3-18,28H2,1-2H3,(H2,30,31,32,33). The van der Waals surface area contributed by atoms with Crippen molar-refractivity contribution in [3.05, 3.63) is 6.33 Å². The van der Waals surface area contributed by atoms with Crippen molar-refractivity contribution < 1.29 is 0 Å². The van der Waals surface area contributed by atoms with Gasteiger partial charge in [0.05, 0.1) is 6.33 Å². The Labute approximate surface area is 216 Å². The van der Waals surface area contributed by atoms with Crippen molar-refractivity contribution in [2.24, 2.45) is 11.7 Å². The van der Waals surface area contributed by atoms with E-state index >= 15 is 0 Å². The summed E-state index contributed by atoms with van der Waals surface area (Å²) in [6.45, 7) is 3.30. The lowest BCUT2D eigenvalue weighted by Crippen LogP contribution is -2.38. The number of imidazole rings is 1. The van der Waals surface area contributed by atoms with Gasteiger partial charge in [-0.2, -0.15) is 9.97 Å². The van der Waals surface area contributed by atoms with Crippen LogP contribution in [0.3, 0.4) is 0 Å². The van der Waals surface area contributed by atoms with Crippen LogP contribution in [0.25, 0.3) is 11.2 Å². The second-order valence-corrected chi connectivity index (χ2v) is 11.8. The Kier molecular flexibility index (Phi) is 8.59. The molecular formula is C27H47N9. The molecule has 5 rings (SSSR count). The molecule has 2 aromatic heterocycles. The lowest BCUT2D eigenvalue weighted by molar-refractivity contribution is 0.206. The molecule has 0 spiro atoms. The number of nitrogens with one attached hydrogen (secondary N) is 2. The van der Waals surface area contributed by atoms with Crippen molar-refractivity contribution in [1.82, 2.24) is 29.4 Å². The number of hydrogen-bond acceptors (Lipinski definition) is 8. The number of fused-ring (bicyclic) bond motifs is 1. The molecule has 36 heavy (non-hydrogen) atoms. The number of aromatic nitrogens is 4. The number of hydrazine groups is 1. The van der Waals surface area contributed by atoms with Crippen molar-refractivity contribution in [2.75, 3.05) is 44.5 Å². The van der Waals surface area contributed by atoms with E-state index in [1.165, 1.54) is 64.3 Å². The number of rotatable bonds is 10. The summed E-state index contributed by atoms with van der Waals surface area (Å²) >= 11 is 0. The highest BCUT2D eigenvalue weighted by Gasteiger charge is 2.25. The molecule has 4 N–H and O–H groups in total. The van der Waals surface area contributed by atoms with Crippen molar-refractivity contribution in [2.45, 2.75) is 102 Å². The molecule has 9 nitrogen and oxygen atoms in total. The first-order valence-corrected chi connectivity index (χ1v) is 14.5. The van der Waals surface area contributed by atoms with Gasteiger partial charge in [-0.1, -0.05) is 25.7 Å². The number of nitrogens with two attached hydrogens (primary N) is 1. The van der Waals surface area contributed by atoms with Gasteiger partial charge in [-0.05, 0) is 84.3 Å². The Morgan fingerprint density at radius 2 is 1.72 bits per heavy atom. The van der Waals surface area contributed by atoms with Gasteiger partial charge in [0.15, 0.2) is 17.0 Å². The topological polar surface area (TPSA) is 100 Å². The molecule has 3 heterocycles. The van der Waals surface area contributed by atoms with E-state index in [9.17, 15) is 0 Å². The maximum absolute atomic E-state index is 6.14. The van der Waals surface area contributed by atoms with Crippen LogP contribution < -0.4 is 16.5 Å². The molecule has 3 aliphatic rings. The Balaban J connectivity index is 1.26. The van der Waals surface area contributed by atoms with E-state index in [-0.39, 0.29) is 0 Å². The molecular weight excluding hydrogens is 450 g/mol. The summed E-state index contributed by atoms with van der Waals surface area (Å²) < 4.78 is 2.30. The molecule has 0 amide bonds. The zero-order valence-electron chi connectivity index (χ0n) is 22.5. The van der Waals surface area contributed by atoms with Gasteiger partial charge in [0.25, 0.3) is 0 Å². The average molecular weight is 498 g/mol. The van der Waals surface area contributed by atoms with Crippen LogP contribution in [0.15, 0.2) is 6.33 Å². The minimum Gasteiger partial charge on any atom is -0.351 e. The first-order valence-electron chi connectivity index (χ1n) is 14.5. The van der Waals surface area contributed by atoms with E-state index in [1.807, 2.05) is 6.33 Å². The summed E-state index contributed by atoms with van der Waals surface area (Å²) in [6, 6.07) is 1.23. The molecule has 1 saturated heterocycles. The SMILES string of the molecule is CN(C)CCCCC1CCN(Nc2nc(NC3CCC(N)CC3)nc3c2ncn3C2CCCC2)CC1. The number of unbranched alkanes of at least 4 members (excludes halogenated alkanes) is 1. The predicted octanol–water partition coefficient (Wildman–Crippen LogP) is 4.39. The van der Waals surface area contributed by atoms with Crippen molar-refractivity contribution in [3.63, 3.8) is 0 Å². The normalized spacial score (nSPS) is 24.7. The highest BCUT2D eigenvalue weighted by atomic mass is 15.5. The van der Waals surface area contributed by atoms with Crippen molar-refractivity contribution in [1.29, 1.82) is 0 Å². The number of piperidine rings is 1. The van der Waals surface area contributed by atoms with Crippen LogP contribution >= 0.6 is 0 Å². The number of hydrogen-bond donors (Lipinski definition) is 3. The number of anilines is 2. The summed E-state index contributed by atoms with van der Waals surface area (Å²) in [6.07, 6.45) is 17.8. The maximum atomic E-state index is 6.14. The molecule has 0 aromatic carbocycles. The predicted molar refractivity (Wildman–Crippen MR) is 147 cm³/mol. The van der Waals surface area contributed by atoms with E-state index in [2.05, 4.69) is 39.3 Å². The largest absolute Gasteiger partial charge is 0.351 e. The van der Waals surface area contributed by atoms with Crippen LogP contribution in [-0.2, 0) is 0 Å². The molecule has 0 radical (unpaired) electrons. The fourth-order valence-corrected chi connectivity index (χ4v) is 6.30. The molecule has 0 atom stereocenters. The van der Waals surface area contributed by atoms with Gasteiger partial charge in [-0.3, -0.25) is 0 Å². The molecule has 200 valence electrons. The summed E-state index contributed by atoms with van der Waals surface area (Å²) in [4.78, 5) is 17.0. The van der Waals surface area contributed by atoms with Crippen molar-refractivity contribution >= 4 is 22.9 Å². The number of nitrogens with zero attached hydrogens (tertiary/aromatic N) is 6. The molecule has 2 aromatic rings. The Hall–Kier alpha value is -1.97. The zero-order chi connectivity index (χ0) is 24.9. The highest BCUT2D eigenvalue weighted by molar-refractivity contribution is 5.84. The van der Waals surface area contributed by atoms with Gasteiger partial charge in [-0.25, -0.2) is 9.99 Å². The van der Waals surface area contributed by atoms with Gasteiger partial charge in [-0.15, -0.1) is 0 Å². The quantitative estimate of drug-likeness (QED) is 0.416. The Bertz CT molecular complexity index is 952. The van der Waals surface area contributed by atoms with Gasteiger partial charge in [0, 0.05) is 31.2 Å². The smallest absolute Gasteiger partial charge is 0.227 e. The van der Waals surface area contributed by atoms with Gasteiger partial charge < -0.3 is 25.9 Å². The second kappa shape index (κ2) is 12.0. The fraction of sp³-hybridized carbons (Fsp3) is 0.815. The summed E-state index contributed by atoms with van der Waals surface area (Å²) in [5.41, 5.74) is 11.6. The zero-order valence-corrected chi connectivity index (χ0v) is 22.5. The van der Waals surface area contributed by atoms with E-state index in [1.54, 1.807) is 0 Å². The molecule has 3 fully saturated rings. The lowest BCUT2D eigenvalue weighted by Gasteiger charge is -2.32. The van der Waals surface area contributed by atoms with E-state index < -0.39 is 0 Å². The van der Waals surface area contributed by atoms with Crippen molar-refractivity contribution in [3.8, 4) is 0 Å². The average Bonchev–Trinajstić information content (AvgIpc) is 3.54. The van der Waals surface area contributed by atoms with Crippen LogP contribution in [0.1, 0.15) is 89.5 Å². The minimum absolute atomic E-state index is 0.336. The van der Waals surface area contributed by atoms with E-state index in [0.29, 0.717) is 18.1 Å². The summed E-state index contributed by atoms with van der Waals surface area (Å²) in [5.74, 6) is 2.41. The van der Waals surface area contributed by atoms with Crippen LogP contribution in [0.4, 0.5) is 11.8 Å². The molecule has 1 aliphatic heterocycles. The molecule has 2 aliphatic carbocycles. The third-order valence-electron chi connectivity index (χ3n) is 8.59. The van der Waals surface area contributed by atoms with E-state index in [4.69, 9.17) is 20.7 Å². The first-order chi connectivity index (χ1) is 17.5. The monoisotopic (exact) mass is 497 g/mol. The lowest BCUT2D eigenvalue weighted by atomic mass is 9.92. The highest BCUT2D eigenvalue weighted by Crippen LogP contribution is 2.34. The van der Waals surface area contributed by atoms with Crippen LogP contribution in [0.5, 0.6) is 0 Å². The second-order valence-electron chi connectivity index (χ2n) is 11.8. The molecule has 0 bridgehead atoms. The maximum Gasteiger partial charge on any atom is 0.227 e. The van der Waals surface area contributed by atoms with Gasteiger partial charge in [0.1, 0.15) is 0 Å². The third-order valence-corrected chi connectivity index (χ3v) is 8.59. The third kappa shape index (κ3) is 6.47. The van der Waals surface area contributed by atoms with Gasteiger partial charge >= 0.3 is 0 Å². The minimum atomic E-state index is 0.336. The van der Waals surface area contributed by atoms with Crippen LogP contribution in [0, 0.1) is 5.92 Å². The Morgan fingerprint density at radius 3 is 2.44 bits per heavy atom. The van der Waals surface area contributed by atoms with Crippen LogP contribution in [0.2, 0.25) is 0 Å². The summed E-state index contributed by atoms with van der Waals surface area (Å²) in [7, 11) is 4.33. The fourth-order valence-electron chi connectivity index (χ4n) is 6.30. The Morgan fingerprint density at radius 1 is 0.972 bits per heavy atom. The molecule has 2 saturated carbocycles. The summed E-state index contributed by atoms with van der Waals surface area (Å²) in [5, 5.41) is 5.98. The molecule has 9 heteroatoms.